The van der Waals surface area contributed by atoms with Crippen molar-refractivity contribution in [3.05, 3.63) is 44.3 Å². The predicted octanol–water partition coefficient (Wildman–Crippen LogP) is 4.42. The van der Waals surface area contributed by atoms with Crippen LogP contribution in [0.4, 0.5) is 5.13 Å². The summed E-state index contributed by atoms with van der Waals surface area (Å²) in [5.41, 5.74) is 1.38. The van der Waals surface area contributed by atoms with Crippen molar-refractivity contribution in [1.82, 2.24) is 9.88 Å². The van der Waals surface area contributed by atoms with E-state index in [2.05, 4.69) is 45.0 Å². The highest BCUT2D eigenvalue weighted by Gasteiger charge is 2.23. The van der Waals surface area contributed by atoms with E-state index in [1.165, 1.54) is 11.3 Å². The molecule has 5 nitrogen and oxygen atoms in total. The van der Waals surface area contributed by atoms with Gasteiger partial charge in [-0.25, -0.2) is 4.98 Å². The van der Waals surface area contributed by atoms with Crippen LogP contribution in [0.1, 0.15) is 29.9 Å². The minimum Gasteiger partial charge on any atom is -0.373 e. The summed E-state index contributed by atoms with van der Waals surface area (Å²) in [7, 11) is 0. The molecule has 0 radical (unpaired) electrons. The van der Waals surface area contributed by atoms with Gasteiger partial charge in [0.25, 0.3) is 5.91 Å². The number of rotatable bonds is 4. The number of nitrogens with zero attached hydrogens (tertiary/aromatic N) is 2. The van der Waals surface area contributed by atoms with Crippen LogP contribution < -0.4 is 5.32 Å². The zero-order valence-corrected chi connectivity index (χ0v) is 17.1. The molecule has 2 atom stereocenters. The van der Waals surface area contributed by atoms with Crippen molar-refractivity contribution in [2.75, 3.05) is 18.4 Å². The highest BCUT2D eigenvalue weighted by atomic mass is 79.9. The lowest BCUT2D eigenvalue weighted by molar-refractivity contribution is -0.0707. The van der Waals surface area contributed by atoms with Crippen molar-refractivity contribution >= 4 is 49.9 Å². The lowest BCUT2D eigenvalue weighted by Gasteiger charge is -2.34. The lowest BCUT2D eigenvalue weighted by Crippen LogP contribution is -2.44. The third-order valence-electron chi connectivity index (χ3n) is 3.83. The van der Waals surface area contributed by atoms with Gasteiger partial charge in [-0.3, -0.25) is 15.0 Å². The summed E-state index contributed by atoms with van der Waals surface area (Å²) in [4.78, 5) is 19.2. The second-order valence-electron chi connectivity index (χ2n) is 6.17. The Morgan fingerprint density at radius 3 is 2.84 bits per heavy atom. The van der Waals surface area contributed by atoms with E-state index in [-0.39, 0.29) is 18.1 Å². The van der Waals surface area contributed by atoms with E-state index in [1.807, 2.05) is 5.38 Å². The number of aromatic nitrogens is 1. The van der Waals surface area contributed by atoms with Gasteiger partial charge in [0, 0.05) is 29.5 Å². The number of carbonyl (C=O) groups is 1. The third-order valence-corrected chi connectivity index (χ3v) is 5.44. The van der Waals surface area contributed by atoms with Crippen LogP contribution >= 0.6 is 38.9 Å². The number of hydrogen-bond acceptors (Lipinski definition) is 5. The molecular weight excluding hydrogens is 426 g/mol. The molecule has 2 aromatic rings. The zero-order chi connectivity index (χ0) is 18.0. The minimum absolute atomic E-state index is 0.223. The average Bonchev–Trinajstić information content (AvgIpc) is 2.92. The normalized spacial score (nSPS) is 21.3. The summed E-state index contributed by atoms with van der Waals surface area (Å²) in [5.74, 6) is -0.257. The van der Waals surface area contributed by atoms with Gasteiger partial charge in [-0.05, 0) is 32.0 Å². The summed E-state index contributed by atoms with van der Waals surface area (Å²) in [5, 5.41) is 5.77. The predicted molar refractivity (Wildman–Crippen MR) is 105 cm³/mol. The molecule has 2 heterocycles. The molecule has 2 unspecified atom stereocenters. The van der Waals surface area contributed by atoms with Gasteiger partial charge in [-0.2, -0.15) is 0 Å². The van der Waals surface area contributed by atoms with Crippen molar-refractivity contribution in [1.29, 1.82) is 0 Å². The Kier molecular flexibility index (Phi) is 6.12. The molecule has 3 rings (SSSR count). The Labute approximate surface area is 164 Å². The first-order valence-corrected chi connectivity index (χ1v) is 10.0. The fourth-order valence-electron chi connectivity index (χ4n) is 2.92. The molecule has 1 fully saturated rings. The van der Waals surface area contributed by atoms with Crippen molar-refractivity contribution < 1.29 is 9.53 Å². The first-order chi connectivity index (χ1) is 11.9. The Bertz CT molecular complexity index is 760. The van der Waals surface area contributed by atoms with Crippen LogP contribution in [0.15, 0.2) is 28.1 Å². The quantitative estimate of drug-likeness (QED) is 0.758. The number of nitrogens with one attached hydrogen (secondary N) is 1. The fourth-order valence-corrected chi connectivity index (χ4v) is 4.37. The van der Waals surface area contributed by atoms with Crippen molar-refractivity contribution in [3.8, 4) is 0 Å². The maximum atomic E-state index is 12.4. The van der Waals surface area contributed by atoms with E-state index < -0.39 is 0 Å². The van der Waals surface area contributed by atoms with Crippen molar-refractivity contribution in [3.63, 3.8) is 0 Å². The second kappa shape index (κ2) is 8.14. The van der Waals surface area contributed by atoms with E-state index >= 15 is 0 Å². The monoisotopic (exact) mass is 443 g/mol. The van der Waals surface area contributed by atoms with Gasteiger partial charge in [-0.15, -0.1) is 11.3 Å². The third kappa shape index (κ3) is 5.01. The topological polar surface area (TPSA) is 54.5 Å². The van der Waals surface area contributed by atoms with Gasteiger partial charge >= 0.3 is 0 Å². The number of morpholine rings is 1. The average molecular weight is 445 g/mol. The van der Waals surface area contributed by atoms with Crippen LogP contribution in [0, 0.1) is 0 Å². The molecule has 25 heavy (non-hydrogen) atoms. The molecule has 0 aliphatic carbocycles. The molecule has 0 bridgehead atoms. The molecular formula is C17H19BrClN3O2S. The highest BCUT2D eigenvalue weighted by Crippen LogP contribution is 2.24. The Hall–Kier alpha value is -0.990. The summed E-state index contributed by atoms with van der Waals surface area (Å²) < 4.78 is 6.58. The smallest absolute Gasteiger partial charge is 0.258 e. The maximum absolute atomic E-state index is 12.4. The number of anilines is 1. The number of hydrogen-bond donors (Lipinski definition) is 1. The van der Waals surface area contributed by atoms with Gasteiger partial charge in [0.05, 0.1) is 28.5 Å². The summed E-state index contributed by atoms with van der Waals surface area (Å²) in [6, 6.07) is 5.17. The van der Waals surface area contributed by atoms with E-state index in [4.69, 9.17) is 16.3 Å². The van der Waals surface area contributed by atoms with Crippen LogP contribution in [0.2, 0.25) is 5.02 Å². The summed E-state index contributed by atoms with van der Waals surface area (Å²) in [6.45, 7) is 6.69. The van der Waals surface area contributed by atoms with Crippen LogP contribution in [0.25, 0.3) is 0 Å². The number of ether oxygens (including phenoxy) is 1. The second-order valence-corrected chi connectivity index (χ2v) is 8.35. The number of halogens is 2. The Balaban J connectivity index is 1.62. The molecule has 1 aliphatic rings. The first kappa shape index (κ1) is 18.8. The number of benzene rings is 1. The highest BCUT2D eigenvalue weighted by molar-refractivity contribution is 9.10. The molecule has 0 spiro atoms. The van der Waals surface area contributed by atoms with Crippen molar-refractivity contribution in [2.45, 2.75) is 32.6 Å². The minimum atomic E-state index is -0.257. The zero-order valence-electron chi connectivity index (χ0n) is 14.0. The van der Waals surface area contributed by atoms with Gasteiger partial charge in [-0.1, -0.05) is 27.5 Å². The SMILES string of the molecule is CC1CN(Cc2csc(NC(=O)c3ccc(Br)cc3Cl)n2)CC(C)O1. The van der Waals surface area contributed by atoms with Gasteiger partial charge in [0.1, 0.15) is 0 Å². The van der Waals surface area contributed by atoms with Gasteiger partial charge in [0.2, 0.25) is 0 Å². The van der Waals surface area contributed by atoms with Crippen LogP contribution in [-0.2, 0) is 11.3 Å². The molecule has 1 aromatic carbocycles. The lowest BCUT2D eigenvalue weighted by atomic mass is 10.2. The molecule has 1 aliphatic heterocycles. The molecule has 1 saturated heterocycles. The van der Waals surface area contributed by atoms with E-state index in [1.54, 1.807) is 18.2 Å². The molecule has 134 valence electrons. The molecule has 1 aromatic heterocycles. The van der Waals surface area contributed by atoms with Gasteiger partial charge in [0.15, 0.2) is 5.13 Å². The standard InChI is InChI=1S/C17H19BrClN3O2S/c1-10-6-22(7-11(2)24-10)8-13-9-25-17(20-13)21-16(23)14-4-3-12(18)5-15(14)19/h3-5,9-11H,6-8H2,1-2H3,(H,20,21,23). The van der Waals surface area contributed by atoms with E-state index in [0.29, 0.717) is 15.7 Å². The Morgan fingerprint density at radius 2 is 2.16 bits per heavy atom. The van der Waals surface area contributed by atoms with Crippen LogP contribution in [0.3, 0.4) is 0 Å². The molecule has 1 N–H and O–H groups in total. The maximum Gasteiger partial charge on any atom is 0.258 e. The summed E-state index contributed by atoms with van der Waals surface area (Å²) >= 11 is 10.9. The molecule has 8 heteroatoms. The largest absolute Gasteiger partial charge is 0.373 e. The molecule has 0 saturated carbocycles. The number of thiazole rings is 1. The van der Waals surface area contributed by atoms with Gasteiger partial charge < -0.3 is 4.74 Å². The van der Waals surface area contributed by atoms with Crippen LogP contribution in [0.5, 0.6) is 0 Å². The van der Waals surface area contributed by atoms with E-state index in [9.17, 15) is 4.79 Å². The first-order valence-electron chi connectivity index (χ1n) is 7.99. The van der Waals surface area contributed by atoms with Crippen LogP contribution in [-0.4, -0.2) is 41.1 Å². The van der Waals surface area contributed by atoms with E-state index in [0.717, 1.165) is 29.8 Å². The number of carbonyl (C=O) groups excluding carboxylic acids is 1. The fraction of sp³-hybridized carbons (Fsp3) is 0.412. The number of amides is 1. The summed E-state index contributed by atoms with van der Waals surface area (Å²) in [6.07, 6.45) is 0.446. The Morgan fingerprint density at radius 1 is 1.44 bits per heavy atom. The van der Waals surface area contributed by atoms with Crippen molar-refractivity contribution in [2.24, 2.45) is 0 Å². The molecule has 1 amide bonds.